The molecule has 0 aliphatic carbocycles. The van der Waals surface area contributed by atoms with Crippen LogP contribution in [0.5, 0.6) is 0 Å². The molecule has 1 heterocycles. The maximum Gasteiger partial charge on any atom is 0.255 e. The maximum absolute atomic E-state index is 14.0. The van der Waals surface area contributed by atoms with E-state index in [9.17, 15) is 14.0 Å². The number of pyridine rings is 1. The van der Waals surface area contributed by atoms with Crippen molar-refractivity contribution in [3.8, 4) is 0 Å². The van der Waals surface area contributed by atoms with E-state index in [1.54, 1.807) is 6.92 Å². The van der Waals surface area contributed by atoms with Crippen molar-refractivity contribution in [3.63, 3.8) is 0 Å². The van der Waals surface area contributed by atoms with Crippen LogP contribution in [0.2, 0.25) is 0 Å². The highest BCUT2D eigenvalue weighted by Crippen LogP contribution is 2.14. The summed E-state index contributed by atoms with van der Waals surface area (Å²) >= 11 is 0. The van der Waals surface area contributed by atoms with Crippen molar-refractivity contribution in [1.82, 2.24) is 15.6 Å². The van der Waals surface area contributed by atoms with Crippen molar-refractivity contribution in [1.29, 1.82) is 0 Å². The Balaban J connectivity index is 2.88. The minimum Gasteiger partial charge on any atom is -0.368 e. The first kappa shape index (κ1) is 14.9. The van der Waals surface area contributed by atoms with E-state index >= 15 is 0 Å². The summed E-state index contributed by atoms with van der Waals surface area (Å²) in [7, 11) is 1.46. The Morgan fingerprint density at radius 3 is 2.74 bits per heavy atom. The molecule has 7 heteroatoms. The molecule has 2 amide bonds. The largest absolute Gasteiger partial charge is 0.368 e. The number of hydrogen-bond donors (Lipinski definition) is 3. The Hall–Kier alpha value is -2.18. The fraction of sp³-hybridized carbons (Fsp3) is 0.417. The van der Waals surface area contributed by atoms with Gasteiger partial charge in [0.1, 0.15) is 6.04 Å². The second-order valence-electron chi connectivity index (χ2n) is 3.86. The van der Waals surface area contributed by atoms with Crippen molar-refractivity contribution in [2.45, 2.75) is 19.9 Å². The number of carbonyl (C=O) groups is 2. The number of anilines is 1. The summed E-state index contributed by atoms with van der Waals surface area (Å²) in [4.78, 5) is 27.0. The van der Waals surface area contributed by atoms with Crippen LogP contribution in [0.4, 0.5) is 10.2 Å². The molecule has 0 saturated carbocycles. The zero-order chi connectivity index (χ0) is 14.4. The molecule has 1 rings (SSSR count). The lowest BCUT2D eigenvalue weighted by atomic mass is 10.2. The average Bonchev–Trinajstić information content (AvgIpc) is 2.40. The van der Waals surface area contributed by atoms with Crippen molar-refractivity contribution in [2.24, 2.45) is 0 Å². The van der Waals surface area contributed by atoms with Crippen LogP contribution in [-0.4, -0.2) is 36.4 Å². The summed E-state index contributed by atoms with van der Waals surface area (Å²) in [6, 6.07) is 0.523. The Morgan fingerprint density at radius 2 is 2.16 bits per heavy atom. The van der Waals surface area contributed by atoms with Crippen molar-refractivity contribution < 1.29 is 14.0 Å². The lowest BCUT2D eigenvalue weighted by Crippen LogP contribution is -2.43. The second kappa shape index (κ2) is 6.67. The molecule has 0 spiro atoms. The van der Waals surface area contributed by atoms with Gasteiger partial charge in [-0.1, -0.05) is 0 Å². The molecule has 3 N–H and O–H groups in total. The van der Waals surface area contributed by atoms with E-state index in [1.807, 2.05) is 0 Å². The molecule has 0 fully saturated rings. The first-order valence-corrected chi connectivity index (χ1v) is 5.92. The van der Waals surface area contributed by atoms with Crippen molar-refractivity contribution in [3.05, 3.63) is 23.6 Å². The molecule has 0 radical (unpaired) electrons. The van der Waals surface area contributed by atoms with Gasteiger partial charge in [0.15, 0.2) is 11.6 Å². The van der Waals surface area contributed by atoms with Gasteiger partial charge in [-0.05, 0) is 19.9 Å². The predicted molar refractivity (Wildman–Crippen MR) is 69.4 cm³/mol. The molecular weight excluding hydrogens is 251 g/mol. The summed E-state index contributed by atoms with van der Waals surface area (Å²) in [5.74, 6) is -1.72. The van der Waals surface area contributed by atoms with E-state index in [-0.39, 0.29) is 17.3 Å². The first-order valence-electron chi connectivity index (χ1n) is 5.92. The van der Waals surface area contributed by atoms with Crippen LogP contribution in [0, 0.1) is 5.82 Å². The third-order valence-electron chi connectivity index (χ3n) is 2.47. The number of likely N-dealkylation sites (N-methyl/N-ethyl adjacent to an activating group) is 1. The maximum atomic E-state index is 14.0. The summed E-state index contributed by atoms with van der Waals surface area (Å²) in [5.41, 5.74) is -0.151. The molecule has 1 aromatic rings. The summed E-state index contributed by atoms with van der Waals surface area (Å²) in [5, 5.41) is 7.52. The summed E-state index contributed by atoms with van der Waals surface area (Å²) < 4.78 is 14.0. The molecule has 104 valence electrons. The van der Waals surface area contributed by atoms with Crippen molar-refractivity contribution in [2.75, 3.05) is 18.9 Å². The Kier molecular flexibility index (Phi) is 5.23. The number of rotatable bonds is 5. The molecular formula is C12H17FN4O2. The highest BCUT2D eigenvalue weighted by atomic mass is 19.1. The van der Waals surface area contributed by atoms with Gasteiger partial charge in [-0.3, -0.25) is 9.59 Å². The first-order chi connectivity index (χ1) is 9.01. The van der Waals surface area contributed by atoms with Gasteiger partial charge in [-0.2, -0.15) is 0 Å². The van der Waals surface area contributed by atoms with Crippen LogP contribution in [-0.2, 0) is 4.79 Å². The molecule has 0 aliphatic heterocycles. The van der Waals surface area contributed by atoms with E-state index in [0.717, 1.165) is 0 Å². The van der Waals surface area contributed by atoms with Crippen molar-refractivity contribution >= 4 is 17.6 Å². The predicted octanol–water partition coefficient (Wildman–Crippen LogP) is 0.517. The topological polar surface area (TPSA) is 83.1 Å². The highest BCUT2D eigenvalue weighted by molar-refractivity contribution is 5.98. The standard InChI is InChI=1S/C12H17FN4O2/c1-4-15-10-9(13)8(5-6-16-10)12(19)17-7(2)11(18)14-3/h5-7H,4H2,1-3H3,(H,14,18)(H,15,16)(H,17,19). The number of halogens is 1. The average molecular weight is 268 g/mol. The fourth-order valence-electron chi connectivity index (χ4n) is 1.47. The normalized spacial score (nSPS) is 11.6. The van der Waals surface area contributed by atoms with Gasteiger partial charge in [0.25, 0.3) is 5.91 Å². The Labute approximate surface area is 110 Å². The zero-order valence-corrected chi connectivity index (χ0v) is 11.1. The van der Waals surface area contributed by atoms with Gasteiger partial charge in [-0.25, -0.2) is 9.37 Å². The number of amides is 2. The van der Waals surface area contributed by atoms with Gasteiger partial charge in [0, 0.05) is 19.8 Å². The van der Waals surface area contributed by atoms with Gasteiger partial charge in [0.2, 0.25) is 5.91 Å². The third kappa shape index (κ3) is 3.64. The number of nitrogens with zero attached hydrogens (tertiary/aromatic N) is 1. The van der Waals surface area contributed by atoms with E-state index < -0.39 is 17.8 Å². The van der Waals surface area contributed by atoms with Crippen LogP contribution < -0.4 is 16.0 Å². The number of hydrogen-bond acceptors (Lipinski definition) is 4. The Bertz CT molecular complexity index is 479. The number of carbonyl (C=O) groups excluding carboxylic acids is 2. The molecule has 19 heavy (non-hydrogen) atoms. The van der Waals surface area contributed by atoms with Crippen LogP contribution in [0.1, 0.15) is 24.2 Å². The van der Waals surface area contributed by atoms with Gasteiger partial charge >= 0.3 is 0 Å². The van der Waals surface area contributed by atoms with Gasteiger partial charge in [0.05, 0.1) is 5.56 Å². The molecule has 1 unspecified atom stereocenters. The number of aromatic nitrogens is 1. The molecule has 0 bridgehead atoms. The quantitative estimate of drug-likeness (QED) is 0.727. The molecule has 6 nitrogen and oxygen atoms in total. The fourth-order valence-corrected chi connectivity index (χ4v) is 1.47. The molecule has 0 saturated heterocycles. The van der Waals surface area contributed by atoms with Gasteiger partial charge < -0.3 is 16.0 Å². The molecule has 0 aliphatic rings. The van der Waals surface area contributed by atoms with E-state index in [2.05, 4.69) is 20.9 Å². The molecule has 1 aromatic heterocycles. The highest BCUT2D eigenvalue weighted by Gasteiger charge is 2.19. The smallest absolute Gasteiger partial charge is 0.255 e. The summed E-state index contributed by atoms with van der Waals surface area (Å²) in [6.45, 7) is 3.80. The lowest BCUT2D eigenvalue weighted by Gasteiger charge is -2.13. The van der Waals surface area contributed by atoms with Crippen LogP contribution >= 0.6 is 0 Å². The van der Waals surface area contributed by atoms with Crippen LogP contribution in [0.25, 0.3) is 0 Å². The van der Waals surface area contributed by atoms with Crippen LogP contribution in [0.3, 0.4) is 0 Å². The van der Waals surface area contributed by atoms with E-state index in [4.69, 9.17) is 0 Å². The zero-order valence-electron chi connectivity index (χ0n) is 11.1. The summed E-state index contributed by atoms with van der Waals surface area (Å²) in [6.07, 6.45) is 1.33. The third-order valence-corrected chi connectivity index (χ3v) is 2.47. The van der Waals surface area contributed by atoms with Gasteiger partial charge in [-0.15, -0.1) is 0 Å². The monoisotopic (exact) mass is 268 g/mol. The number of nitrogens with one attached hydrogen (secondary N) is 3. The Morgan fingerprint density at radius 1 is 1.47 bits per heavy atom. The lowest BCUT2D eigenvalue weighted by molar-refractivity contribution is -0.122. The van der Waals surface area contributed by atoms with E-state index in [1.165, 1.54) is 26.2 Å². The minimum absolute atomic E-state index is 0.0164. The SMILES string of the molecule is CCNc1nccc(C(=O)NC(C)C(=O)NC)c1F. The van der Waals surface area contributed by atoms with E-state index in [0.29, 0.717) is 6.54 Å². The minimum atomic E-state index is -0.743. The second-order valence-corrected chi connectivity index (χ2v) is 3.86. The van der Waals surface area contributed by atoms with Crippen LogP contribution in [0.15, 0.2) is 12.3 Å². The molecule has 1 atom stereocenters. The molecule has 0 aromatic carbocycles.